The van der Waals surface area contributed by atoms with Gasteiger partial charge in [0.25, 0.3) is 0 Å². The highest BCUT2D eigenvalue weighted by atomic mass is 32.2. The molecule has 12 nitrogen and oxygen atoms in total. The number of alkyl halides is 2. The molecule has 0 amide bonds. The highest BCUT2D eigenvalue weighted by molar-refractivity contribution is 7.86. The minimum Gasteiger partial charge on any atom is -0.459 e. The van der Waals surface area contributed by atoms with Gasteiger partial charge in [0.15, 0.2) is 6.10 Å². The van der Waals surface area contributed by atoms with E-state index in [9.17, 15) is 36.4 Å². The van der Waals surface area contributed by atoms with Crippen molar-refractivity contribution in [2.45, 2.75) is 107 Å². The Kier molecular flexibility index (Phi) is 7.63. The predicted molar refractivity (Wildman–Crippen MR) is 130 cm³/mol. The van der Waals surface area contributed by atoms with Crippen LogP contribution in [0.4, 0.5) is 8.78 Å². The Labute approximate surface area is 235 Å². The number of rotatable bonds is 11. The molecule has 4 bridgehead atoms. The van der Waals surface area contributed by atoms with Crippen LogP contribution in [-0.2, 0) is 53.0 Å². The number of esters is 4. The lowest BCUT2D eigenvalue weighted by molar-refractivity contribution is -0.180. The van der Waals surface area contributed by atoms with Crippen molar-refractivity contribution in [3.63, 3.8) is 0 Å². The van der Waals surface area contributed by atoms with E-state index in [1.165, 1.54) is 0 Å². The van der Waals surface area contributed by atoms with Crippen molar-refractivity contribution in [2.75, 3.05) is 0 Å². The van der Waals surface area contributed by atoms with E-state index in [1.54, 1.807) is 0 Å². The Balaban J connectivity index is 1.20. The van der Waals surface area contributed by atoms with E-state index in [-0.39, 0.29) is 24.0 Å². The Morgan fingerprint density at radius 2 is 1.80 bits per heavy atom. The molecule has 2 saturated carbocycles. The molecule has 5 rings (SSSR count). The van der Waals surface area contributed by atoms with Gasteiger partial charge in [0.1, 0.15) is 17.8 Å². The minimum absolute atomic E-state index is 0.0151. The lowest BCUT2D eigenvalue weighted by Crippen LogP contribution is -2.48. The summed E-state index contributed by atoms with van der Waals surface area (Å²) in [4.78, 5) is 50.9. The van der Waals surface area contributed by atoms with Crippen LogP contribution in [0, 0.1) is 29.6 Å². The van der Waals surface area contributed by atoms with Crippen LogP contribution in [0.25, 0.3) is 0 Å². The zero-order valence-corrected chi connectivity index (χ0v) is 23.6. The third-order valence-electron chi connectivity index (χ3n) is 9.67. The molecule has 5 aliphatic rings. The molecule has 5 fully saturated rings. The highest BCUT2D eigenvalue weighted by Crippen LogP contribution is 2.59. The molecule has 3 heterocycles. The van der Waals surface area contributed by atoms with Crippen LogP contribution in [0.15, 0.2) is 0 Å². The van der Waals surface area contributed by atoms with Gasteiger partial charge in [-0.05, 0) is 46.0 Å². The fourth-order valence-corrected chi connectivity index (χ4v) is 7.87. The molecule has 0 aromatic carbocycles. The normalized spacial score (nSPS) is 37.4. The smallest absolute Gasteiger partial charge is 0.405 e. The van der Waals surface area contributed by atoms with E-state index >= 15 is 0 Å². The second-order valence-corrected chi connectivity index (χ2v) is 13.4. The molecule has 2 aliphatic carbocycles. The Hall–Kier alpha value is -2.39. The first-order chi connectivity index (χ1) is 19.1. The third kappa shape index (κ3) is 5.11. The summed E-state index contributed by atoms with van der Waals surface area (Å²) in [6, 6.07) is 0. The first kappa shape index (κ1) is 30.1. The lowest BCUT2D eigenvalue weighted by Gasteiger charge is -2.39. The average Bonchev–Trinajstić information content (AvgIpc) is 3.69. The molecular weight excluding hydrogens is 574 g/mol. The summed E-state index contributed by atoms with van der Waals surface area (Å²) in [7, 11) is -5.83. The van der Waals surface area contributed by atoms with E-state index in [4.69, 9.17) is 23.5 Å². The molecule has 0 radical (unpaired) electrons. The Morgan fingerprint density at radius 3 is 2.39 bits per heavy atom. The van der Waals surface area contributed by atoms with Gasteiger partial charge in [0.05, 0.1) is 36.9 Å². The molecule has 1 N–H and O–H groups in total. The molecule has 11 atom stereocenters. The maximum Gasteiger partial charge on any atom is 0.405 e. The van der Waals surface area contributed by atoms with Crippen LogP contribution in [0.2, 0.25) is 0 Å². The van der Waals surface area contributed by atoms with Crippen molar-refractivity contribution in [1.82, 2.24) is 0 Å². The van der Waals surface area contributed by atoms with Gasteiger partial charge in [0, 0.05) is 17.8 Å². The molecule has 230 valence electrons. The van der Waals surface area contributed by atoms with Gasteiger partial charge in [-0.25, -0.2) is 0 Å². The molecular formula is C26H34F2O12S. The monoisotopic (exact) mass is 608 g/mol. The van der Waals surface area contributed by atoms with Crippen LogP contribution in [0.1, 0.15) is 65.7 Å². The average molecular weight is 609 g/mol. The lowest BCUT2D eigenvalue weighted by atomic mass is 9.75. The fourth-order valence-electron chi connectivity index (χ4n) is 7.41. The molecule has 0 spiro atoms. The van der Waals surface area contributed by atoms with Crippen molar-refractivity contribution in [2.24, 2.45) is 29.6 Å². The van der Waals surface area contributed by atoms with E-state index in [0.717, 1.165) is 19.3 Å². The van der Waals surface area contributed by atoms with Gasteiger partial charge in [-0.1, -0.05) is 6.92 Å². The number of carbonyl (C=O) groups excluding carboxylic acids is 4. The van der Waals surface area contributed by atoms with Gasteiger partial charge in [-0.2, -0.15) is 17.2 Å². The van der Waals surface area contributed by atoms with Crippen LogP contribution >= 0.6 is 0 Å². The van der Waals surface area contributed by atoms with Crippen molar-refractivity contribution < 1.29 is 64.6 Å². The standard InChI is InChI=1S/C26H34F2O12S/c1-4-25(3,15-9-12-5-6-16(15)37-12)40-24(32)20-14-10-13-19(20)23(31)39-22(13)21(14)38-18(30)8-7-17(29)36-11(2)26(27,28)41(33,34)35/h11-16,19-22H,4-10H2,1-3H3,(H,33,34,35). The van der Waals surface area contributed by atoms with E-state index in [2.05, 4.69) is 4.74 Å². The fraction of sp³-hybridized carbons (Fsp3) is 0.846. The number of ether oxygens (including phenoxy) is 5. The zero-order chi connectivity index (χ0) is 30.1. The first-order valence-electron chi connectivity index (χ1n) is 13.9. The van der Waals surface area contributed by atoms with Crippen molar-refractivity contribution in [3.8, 4) is 0 Å². The molecule has 3 aliphatic heterocycles. The highest BCUT2D eigenvalue weighted by Gasteiger charge is 2.70. The van der Waals surface area contributed by atoms with E-state index in [0.29, 0.717) is 19.8 Å². The van der Waals surface area contributed by atoms with Gasteiger partial charge in [-0.15, -0.1) is 0 Å². The molecule has 41 heavy (non-hydrogen) atoms. The number of halogens is 2. The van der Waals surface area contributed by atoms with Gasteiger partial charge >= 0.3 is 39.2 Å². The Morgan fingerprint density at radius 1 is 1.12 bits per heavy atom. The molecule has 0 aromatic heterocycles. The van der Waals surface area contributed by atoms with Crippen molar-refractivity contribution in [1.29, 1.82) is 0 Å². The van der Waals surface area contributed by atoms with Gasteiger partial charge in [0.2, 0.25) is 0 Å². The first-order valence-corrected chi connectivity index (χ1v) is 15.3. The predicted octanol–water partition coefficient (Wildman–Crippen LogP) is 2.18. The summed E-state index contributed by atoms with van der Waals surface area (Å²) in [5.41, 5.74) is -0.795. The summed E-state index contributed by atoms with van der Waals surface area (Å²) in [5.74, 6) is -5.77. The second kappa shape index (κ2) is 10.4. The molecule has 11 unspecified atom stereocenters. The SMILES string of the molecule is CCC(C)(OC(=O)C1C2CC3C(OC(=O)C31)C2OC(=O)CCC(=O)OC(C)C(F)(F)S(=O)(=O)O)C1CC2CCC1O2. The molecule has 3 saturated heterocycles. The quantitative estimate of drug-likeness (QED) is 0.206. The summed E-state index contributed by atoms with van der Waals surface area (Å²) < 4.78 is 85.0. The van der Waals surface area contributed by atoms with Crippen molar-refractivity contribution >= 4 is 34.0 Å². The number of carbonyl (C=O) groups is 4. The third-order valence-corrected chi connectivity index (χ3v) is 10.7. The summed E-state index contributed by atoms with van der Waals surface area (Å²) >= 11 is 0. The van der Waals surface area contributed by atoms with Crippen LogP contribution < -0.4 is 0 Å². The van der Waals surface area contributed by atoms with Crippen LogP contribution in [0.5, 0.6) is 0 Å². The van der Waals surface area contributed by atoms with Gasteiger partial charge in [-0.3, -0.25) is 23.7 Å². The summed E-state index contributed by atoms with van der Waals surface area (Å²) in [5, 5.41) is -4.74. The minimum atomic E-state index is -5.83. The zero-order valence-electron chi connectivity index (χ0n) is 22.8. The number of fused-ring (bicyclic) bond motifs is 3. The molecule has 15 heteroatoms. The van der Waals surface area contributed by atoms with Crippen LogP contribution in [-0.4, -0.2) is 78.2 Å². The van der Waals surface area contributed by atoms with E-state index in [1.807, 2.05) is 13.8 Å². The van der Waals surface area contributed by atoms with Gasteiger partial charge < -0.3 is 23.7 Å². The molecule has 0 aromatic rings. The maximum absolute atomic E-state index is 13.6. The topological polar surface area (TPSA) is 169 Å². The maximum atomic E-state index is 13.6. The Bertz CT molecular complexity index is 1220. The van der Waals surface area contributed by atoms with E-state index < -0.39 is 93.8 Å². The largest absolute Gasteiger partial charge is 0.459 e. The number of hydrogen-bond donors (Lipinski definition) is 1. The summed E-state index contributed by atoms with van der Waals surface area (Å²) in [6.45, 7) is 4.39. The second-order valence-electron chi connectivity index (χ2n) is 11.9. The van der Waals surface area contributed by atoms with Crippen LogP contribution in [0.3, 0.4) is 0 Å². The van der Waals surface area contributed by atoms with Crippen molar-refractivity contribution in [3.05, 3.63) is 0 Å². The summed E-state index contributed by atoms with van der Waals surface area (Å²) in [6.07, 6.45) is -1.72. The number of hydrogen-bond acceptors (Lipinski definition) is 11.